The minimum absolute atomic E-state index is 0.242. The number of ether oxygens (including phenoxy) is 1. The third-order valence-corrected chi connectivity index (χ3v) is 5.50. The normalized spacial score (nSPS) is 13.0. The summed E-state index contributed by atoms with van der Waals surface area (Å²) >= 11 is 0. The third kappa shape index (κ3) is 4.30. The lowest BCUT2D eigenvalue weighted by atomic mass is 10.0. The van der Waals surface area contributed by atoms with Crippen LogP contribution in [0, 0.1) is 6.92 Å². The Hall–Kier alpha value is -4.13. The van der Waals surface area contributed by atoms with Gasteiger partial charge in [-0.3, -0.25) is 9.59 Å². The average molecular weight is 441 g/mol. The van der Waals surface area contributed by atoms with E-state index in [1.807, 2.05) is 55.5 Å². The Balaban J connectivity index is 1.55. The van der Waals surface area contributed by atoms with Crippen LogP contribution in [0.2, 0.25) is 0 Å². The lowest BCUT2D eigenvalue weighted by Crippen LogP contribution is -2.10. The number of furan rings is 1. The van der Waals surface area contributed by atoms with Gasteiger partial charge in [-0.2, -0.15) is 9.78 Å². The van der Waals surface area contributed by atoms with Gasteiger partial charge in [0.15, 0.2) is 5.76 Å². The summed E-state index contributed by atoms with van der Waals surface area (Å²) in [6, 6.07) is 18.6. The summed E-state index contributed by atoms with van der Waals surface area (Å²) in [4.78, 5) is 24.3. The Labute approximate surface area is 191 Å². The highest BCUT2D eigenvalue weighted by molar-refractivity contribution is 6.02. The number of anilines is 1. The second-order valence-corrected chi connectivity index (χ2v) is 8.19. The Bertz CT molecular complexity index is 1320. The smallest absolute Gasteiger partial charge is 0.309 e. The molecule has 2 heterocycles. The van der Waals surface area contributed by atoms with Crippen molar-refractivity contribution in [2.45, 2.75) is 32.6 Å². The first kappa shape index (κ1) is 20.8. The largest absolute Gasteiger partial charge is 0.459 e. The Morgan fingerprint density at radius 3 is 2.52 bits per heavy atom. The van der Waals surface area contributed by atoms with E-state index in [1.54, 1.807) is 16.8 Å². The first-order valence-electron chi connectivity index (χ1n) is 10.8. The number of aryl methyl sites for hydroxylation is 1. The molecule has 7 heteroatoms. The third-order valence-electron chi connectivity index (χ3n) is 5.50. The zero-order valence-electron chi connectivity index (χ0n) is 18.4. The minimum Gasteiger partial charge on any atom is -0.459 e. The second kappa shape index (κ2) is 8.43. The monoisotopic (exact) mass is 441 g/mol. The molecule has 1 aliphatic carbocycles. The maximum absolute atomic E-state index is 12.3. The molecule has 0 radical (unpaired) electrons. The molecule has 33 heavy (non-hydrogen) atoms. The molecule has 0 saturated heterocycles. The van der Waals surface area contributed by atoms with Crippen molar-refractivity contribution < 1.29 is 18.7 Å². The van der Waals surface area contributed by atoms with Gasteiger partial charge in [0.25, 0.3) is 5.91 Å². The fourth-order valence-electron chi connectivity index (χ4n) is 3.82. The molecule has 1 saturated carbocycles. The van der Waals surface area contributed by atoms with Gasteiger partial charge in [-0.1, -0.05) is 24.3 Å². The van der Waals surface area contributed by atoms with Crippen molar-refractivity contribution in [1.82, 2.24) is 9.78 Å². The number of benzene rings is 2. The van der Waals surface area contributed by atoms with Crippen LogP contribution < -0.4 is 10.1 Å². The highest BCUT2D eigenvalue weighted by atomic mass is 16.5. The van der Waals surface area contributed by atoms with Crippen LogP contribution >= 0.6 is 0 Å². The number of hydrogen-bond donors (Lipinski definition) is 1. The molecule has 4 aromatic rings. The first-order valence-corrected chi connectivity index (χ1v) is 10.8. The van der Waals surface area contributed by atoms with E-state index in [0.29, 0.717) is 17.5 Å². The van der Waals surface area contributed by atoms with Gasteiger partial charge in [0.1, 0.15) is 0 Å². The molecule has 2 aromatic carbocycles. The molecule has 166 valence electrons. The summed E-state index contributed by atoms with van der Waals surface area (Å²) in [5.41, 5.74) is 5.14. The van der Waals surface area contributed by atoms with Crippen molar-refractivity contribution in [3.8, 4) is 22.7 Å². The molecule has 0 aliphatic heterocycles. The molecule has 1 N–H and O–H groups in total. The van der Waals surface area contributed by atoms with Crippen LogP contribution in [0.25, 0.3) is 16.8 Å². The van der Waals surface area contributed by atoms with Crippen LogP contribution in [0.5, 0.6) is 5.88 Å². The number of amides is 1. The highest BCUT2D eigenvalue weighted by Gasteiger charge is 2.34. The summed E-state index contributed by atoms with van der Waals surface area (Å²) in [6.07, 6.45) is 3.56. The van der Waals surface area contributed by atoms with Gasteiger partial charge in [0, 0.05) is 18.5 Å². The molecule has 1 aliphatic rings. The zero-order chi connectivity index (χ0) is 22.9. The summed E-state index contributed by atoms with van der Waals surface area (Å²) in [6.45, 7) is 3.40. The first-order chi connectivity index (χ1) is 16.0. The molecule has 5 rings (SSSR count). The summed E-state index contributed by atoms with van der Waals surface area (Å²) < 4.78 is 12.6. The number of nitrogens with one attached hydrogen (secondary N) is 1. The van der Waals surface area contributed by atoms with E-state index >= 15 is 0 Å². The quantitative estimate of drug-likeness (QED) is 0.400. The molecule has 0 spiro atoms. The number of rotatable bonds is 6. The number of esters is 1. The molecule has 2 aromatic heterocycles. The summed E-state index contributed by atoms with van der Waals surface area (Å²) in [7, 11) is 0. The van der Waals surface area contributed by atoms with Crippen LogP contribution in [-0.2, 0) is 4.79 Å². The Kier molecular flexibility index (Phi) is 5.30. The van der Waals surface area contributed by atoms with E-state index in [2.05, 4.69) is 5.32 Å². The van der Waals surface area contributed by atoms with E-state index in [1.165, 1.54) is 13.2 Å². The minimum atomic E-state index is -0.408. The van der Waals surface area contributed by atoms with Gasteiger partial charge in [0.2, 0.25) is 5.88 Å². The number of carbonyl (C=O) groups is 2. The van der Waals surface area contributed by atoms with E-state index in [-0.39, 0.29) is 11.7 Å². The average Bonchev–Trinajstić information content (AvgIpc) is 3.35. The van der Waals surface area contributed by atoms with Crippen LogP contribution in [0.3, 0.4) is 0 Å². The van der Waals surface area contributed by atoms with Crippen molar-refractivity contribution in [3.63, 3.8) is 0 Å². The van der Waals surface area contributed by atoms with Crippen molar-refractivity contribution in [2.75, 3.05) is 5.32 Å². The highest BCUT2D eigenvalue weighted by Crippen LogP contribution is 2.48. The Morgan fingerprint density at radius 1 is 1.09 bits per heavy atom. The van der Waals surface area contributed by atoms with Crippen LogP contribution in [0.15, 0.2) is 71.3 Å². The topological polar surface area (TPSA) is 86.4 Å². The van der Waals surface area contributed by atoms with Crippen molar-refractivity contribution in [2.24, 2.45) is 0 Å². The molecule has 0 atom stereocenters. The van der Waals surface area contributed by atoms with Crippen LogP contribution in [0.4, 0.5) is 5.69 Å². The van der Waals surface area contributed by atoms with E-state index in [9.17, 15) is 9.59 Å². The lowest BCUT2D eigenvalue weighted by molar-refractivity contribution is -0.132. The van der Waals surface area contributed by atoms with Gasteiger partial charge in [-0.15, -0.1) is 0 Å². The number of carbonyl (C=O) groups excluding carboxylic acids is 2. The molecule has 0 bridgehead atoms. The van der Waals surface area contributed by atoms with Crippen LogP contribution in [-0.4, -0.2) is 21.7 Å². The summed E-state index contributed by atoms with van der Waals surface area (Å²) in [5, 5.41) is 7.69. The fourth-order valence-corrected chi connectivity index (χ4v) is 3.82. The van der Waals surface area contributed by atoms with Crippen molar-refractivity contribution >= 4 is 17.6 Å². The maximum Gasteiger partial charge on any atom is 0.309 e. The Morgan fingerprint density at radius 2 is 1.88 bits per heavy atom. The van der Waals surface area contributed by atoms with E-state index < -0.39 is 5.97 Å². The van der Waals surface area contributed by atoms with E-state index in [0.717, 1.165) is 40.9 Å². The SMILES string of the molecule is CC(=O)Oc1c(-c2ccc(NC(=O)c3ccco3)cc2)c(C2CC2)nn1-c1cccc(C)c1. The standard InChI is InChI=1S/C26H23N3O4/c1-16-5-3-6-21(15-16)29-26(33-17(2)30)23(24(28-29)19-8-9-19)18-10-12-20(13-11-18)27-25(31)22-7-4-14-32-22/h3-7,10-15,19H,8-9H2,1-2H3,(H,27,31). The van der Waals surface area contributed by atoms with Gasteiger partial charge in [0.05, 0.1) is 23.2 Å². The van der Waals surface area contributed by atoms with Gasteiger partial charge in [-0.05, 0) is 67.3 Å². The molecule has 1 fully saturated rings. The molecule has 0 unspecified atom stereocenters. The predicted octanol–water partition coefficient (Wildman–Crippen LogP) is 5.50. The molecular formula is C26H23N3O4. The van der Waals surface area contributed by atoms with Crippen molar-refractivity contribution in [1.29, 1.82) is 0 Å². The number of aromatic nitrogens is 2. The summed E-state index contributed by atoms with van der Waals surface area (Å²) in [5.74, 6) is 0.252. The van der Waals surface area contributed by atoms with E-state index in [4.69, 9.17) is 14.3 Å². The molecular weight excluding hydrogens is 418 g/mol. The second-order valence-electron chi connectivity index (χ2n) is 8.19. The number of hydrogen-bond acceptors (Lipinski definition) is 5. The zero-order valence-corrected chi connectivity index (χ0v) is 18.4. The van der Waals surface area contributed by atoms with Gasteiger partial charge in [-0.25, -0.2) is 0 Å². The van der Waals surface area contributed by atoms with Crippen LogP contribution in [0.1, 0.15) is 47.5 Å². The maximum atomic E-state index is 12.3. The van der Waals surface area contributed by atoms with Gasteiger partial charge >= 0.3 is 5.97 Å². The number of nitrogens with zero attached hydrogens (tertiary/aromatic N) is 2. The lowest BCUT2D eigenvalue weighted by Gasteiger charge is -2.10. The molecule has 7 nitrogen and oxygen atoms in total. The fraction of sp³-hybridized carbons (Fsp3) is 0.192. The van der Waals surface area contributed by atoms with Crippen molar-refractivity contribution in [3.05, 3.63) is 83.9 Å². The van der Waals surface area contributed by atoms with Gasteiger partial charge < -0.3 is 14.5 Å². The predicted molar refractivity (Wildman–Crippen MR) is 124 cm³/mol. The molecule has 1 amide bonds.